The molecule has 17 heavy (non-hydrogen) atoms. The van der Waals surface area contributed by atoms with Gasteiger partial charge >= 0.3 is 0 Å². The van der Waals surface area contributed by atoms with Crippen molar-refractivity contribution in [2.45, 2.75) is 13.0 Å². The van der Waals surface area contributed by atoms with Crippen molar-refractivity contribution in [2.24, 2.45) is 0 Å². The van der Waals surface area contributed by atoms with Gasteiger partial charge in [0.25, 0.3) is 5.91 Å². The largest absolute Gasteiger partial charge is 0.494 e. The van der Waals surface area contributed by atoms with Crippen molar-refractivity contribution in [1.29, 1.82) is 0 Å². The van der Waals surface area contributed by atoms with Gasteiger partial charge in [-0.3, -0.25) is 4.79 Å². The number of nitrogens with two attached hydrogens (primary N) is 1. The Balaban J connectivity index is 3.08. The monoisotopic (exact) mass is 238 g/mol. The van der Waals surface area contributed by atoms with E-state index in [1.54, 1.807) is 32.2 Å². The second kappa shape index (κ2) is 5.54. The first-order valence-corrected chi connectivity index (χ1v) is 5.33. The summed E-state index contributed by atoms with van der Waals surface area (Å²) in [6.45, 7) is 1.67. The van der Waals surface area contributed by atoms with Crippen LogP contribution in [0.5, 0.6) is 5.75 Å². The van der Waals surface area contributed by atoms with E-state index in [1.165, 1.54) is 12.0 Å². The topological polar surface area (TPSA) is 75.8 Å². The number of para-hydroxylation sites is 1. The predicted molar refractivity (Wildman–Crippen MR) is 66.0 cm³/mol. The smallest absolute Gasteiger partial charge is 0.257 e. The zero-order valence-electron chi connectivity index (χ0n) is 10.3. The molecule has 0 radical (unpaired) electrons. The van der Waals surface area contributed by atoms with Crippen LogP contribution in [0.3, 0.4) is 0 Å². The van der Waals surface area contributed by atoms with Crippen LogP contribution in [0.15, 0.2) is 18.2 Å². The Labute approximate surface area is 101 Å². The normalized spacial score (nSPS) is 12.0. The Morgan fingerprint density at radius 2 is 2.24 bits per heavy atom. The lowest BCUT2D eigenvalue weighted by Gasteiger charge is -2.24. The first-order chi connectivity index (χ1) is 8.02. The highest BCUT2D eigenvalue weighted by atomic mass is 16.5. The zero-order valence-corrected chi connectivity index (χ0v) is 10.3. The van der Waals surface area contributed by atoms with Gasteiger partial charge in [-0.05, 0) is 19.1 Å². The number of rotatable bonds is 4. The molecule has 94 valence electrons. The molecule has 1 atom stereocenters. The molecular weight excluding hydrogens is 220 g/mol. The minimum Gasteiger partial charge on any atom is -0.494 e. The first kappa shape index (κ1) is 13.3. The van der Waals surface area contributed by atoms with E-state index in [1.807, 2.05) is 0 Å². The average molecular weight is 238 g/mol. The number of aliphatic hydroxyl groups is 1. The van der Waals surface area contributed by atoms with E-state index in [0.29, 0.717) is 17.0 Å². The maximum Gasteiger partial charge on any atom is 0.257 e. The molecule has 0 heterocycles. The number of likely N-dealkylation sites (N-methyl/N-ethyl adjacent to an activating group) is 1. The lowest BCUT2D eigenvalue weighted by atomic mass is 10.1. The zero-order chi connectivity index (χ0) is 13.0. The van der Waals surface area contributed by atoms with E-state index in [9.17, 15) is 4.79 Å². The van der Waals surface area contributed by atoms with Crippen LogP contribution >= 0.6 is 0 Å². The lowest BCUT2D eigenvalue weighted by molar-refractivity contribution is 0.0679. The number of ether oxygens (including phenoxy) is 1. The third kappa shape index (κ3) is 2.68. The van der Waals surface area contributed by atoms with E-state index in [2.05, 4.69) is 0 Å². The summed E-state index contributed by atoms with van der Waals surface area (Å²) < 4.78 is 5.13. The number of amides is 1. The summed E-state index contributed by atoms with van der Waals surface area (Å²) in [4.78, 5) is 13.6. The molecule has 0 spiro atoms. The van der Waals surface area contributed by atoms with Gasteiger partial charge < -0.3 is 20.5 Å². The number of carbonyl (C=O) groups is 1. The molecule has 0 aliphatic carbocycles. The van der Waals surface area contributed by atoms with E-state index in [-0.39, 0.29) is 18.6 Å². The van der Waals surface area contributed by atoms with Crippen LogP contribution < -0.4 is 10.5 Å². The van der Waals surface area contributed by atoms with Gasteiger partial charge in [-0.15, -0.1) is 0 Å². The van der Waals surface area contributed by atoms with Crippen LogP contribution in [-0.4, -0.2) is 42.7 Å². The number of methoxy groups -OCH3 is 1. The molecule has 3 N–H and O–H groups in total. The summed E-state index contributed by atoms with van der Waals surface area (Å²) in [6, 6.07) is 4.76. The number of aliphatic hydroxyl groups excluding tert-OH is 1. The molecular formula is C12H18N2O3. The van der Waals surface area contributed by atoms with Crippen molar-refractivity contribution in [3.05, 3.63) is 23.8 Å². The molecule has 1 amide bonds. The van der Waals surface area contributed by atoms with E-state index in [0.717, 1.165) is 0 Å². The SMILES string of the molecule is COc1c(N)cccc1C(=O)N(C)C(C)CO. The van der Waals surface area contributed by atoms with Crippen molar-refractivity contribution < 1.29 is 14.6 Å². The molecule has 0 bridgehead atoms. The van der Waals surface area contributed by atoms with Crippen LogP contribution in [0.4, 0.5) is 5.69 Å². The summed E-state index contributed by atoms with van der Waals surface area (Å²) in [5.41, 5.74) is 6.55. The number of carbonyl (C=O) groups excluding carboxylic acids is 1. The second-order valence-corrected chi connectivity index (χ2v) is 3.88. The summed E-state index contributed by atoms with van der Waals surface area (Å²) in [5, 5.41) is 9.03. The summed E-state index contributed by atoms with van der Waals surface area (Å²) >= 11 is 0. The van der Waals surface area contributed by atoms with Gasteiger partial charge in [-0.2, -0.15) is 0 Å². The minimum atomic E-state index is -0.256. The Morgan fingerprint density at radius 3 is 2.76 bits per heavy atom. The van der Waals surface area contributed by atoms with Gasteiger partial charge in [-0.25, -0.2) is 0 Å². The molecule has 1 unspecified atom stereocenters. The molecule has 5 nitrogen and oxygen atoms in total. The number of nitrogens with zero attached hydrogens (tertiary/aromatic N) is 1. The second-order valence-electron chi connectivity index (χ2n) is 3.88. The Kier molecular flexibility index (Phi) is 4.34. The van der Waals surface area contributed by atoms with Crippen molar-refractivity contribution in [3.8, 4) is 5.75 Å². The highest BCUT2D eigenvalue weighted by molar-refractivity contribution is 5.98. The predicted octanol–water partition coefficient (Wildman–Crippen LogP) is 0.730. The van der Waals surface area contributed by atoms with Crippen LogP contribution in [0.2, 0.25) is 0 Å². The van der Waals surface area contributed by atoms with Gasteiger partial charge in [0.1, 0.15) is 0 Å². The highest BCUT2D eigenvalue weighted by Gasteiger charge is 2.21. The van der Waals surface area contributed by atoms with Gasteiger partial charge in [0, 0.05) is 7.05 Å². The van der Waals surface area contributed by atoms with Crippen molar-refractivity contribution in [1.82, 2.24) is 4.90 Å². The number of nitrogen functional groups attached to an aromatic ring is 1. The maximum absolute atomic E-state index is 12.2. The van der Waals surface area contributed by atoms with Crippen LogP contribution in [0.1, 0.15) is 17.3 Å². The summed E-state index contributed by atoms with van der Waals surface area (Å²) in [5.74, 6) is 0.144. The molecule has 1 aromatic carbocycles. The minimum absolute atomic E-state index is 0.0904. The number of anilines is 1. The van der Waals surface area contributed by atoms with E-state index < -0.39 is 0 Å². The van der Waals surface area contributed by atoms with Crippen molar-refractivity contribution >= 4 is 11.6 Å². The fraction of sp³-hybridized carbons (Fsp3) is 0.417. The van der Waals surface area contributed by atoms with Gasteiger partial charge in [0.15, 0.2) is 5.75 Å². The van der Waals surface area contributed by atoms with Crippen molar-refractivity contribution in [2.75, 3.05) is 26.5 Å². The van der Waals surface area contributed by atoms with E-state index in [4.69, 9.17) is 15.6 Å². The summed E-state index contributed by atoms with van der Waals surface area (Å²) in [6.07, 6.45) is 0. The van der Waals surface area contributed by atoms with Gasteiger partial charge in [0.05, 0.1) is 31.0 Å². The fourth-order valence-corrected chi connectivity index (χ4v) is 1.46. The number of hydrogen-bond donors (Lipinski definition) is 2. The molecule has 0 saturated heterocycles. The van der Waals surface area contributed by atoms with Crippen molar-refractivity contribution in [3.63, 3.8) is 0 Å². The first-order valence-electron chi connectivity index (χ1n) is 5.33. The number of hydrogen-bond acceptors (Lipinski definition) is 4. The Hall–Kier alpha value is -1.75. The molecule has 0 aromatic heterocycles. The molecule has 0 fully saturated rings. The quantitative estimate of drug-likeness (QED) is 0.758. The molecule has 0 aliphatic rings. The van der Waals surface area contributed by atoms with E-state index >= 15 is 0 Å². The van der Waals surface area contributed by atoms with Gasteiger partial charge in [0.2, 0.25) is 0 Å². The third-order valence-corrected chi connectivity index (χ3v) is 2.73. The molecule has 0 saturated carbocycles. The van der Waals surface area contributed by atoms with Crippen LogP contribution in [-0.2, 0) is 0 Å². The Morgan fingerprint density at radius 1 is 1.59 bits per heavy atom. The maximum atomic E-state index is 12.2. The lowest BCUT2D eigenvalue weighted by Crippen LogP contribution is -2.37. The Bertz CT molecular complexity index is 407. The average Bonchev–Trinajstić information content (AvgIpc) is 2.35. The van der Waals surface area contributed by atoms with Crippen LogP contribution in [0.25, 0.3) is 0 Å². The van der Waals surface area contributed by atoms with Gasteiger partial charge in [-0.1, -0.05) is 6.07 Å². The molecule has 0 aliphatic heterocycles. The summed E-state index contributed by atoms with van der Waals surface area (Å²) in [7, 11) is 3.10. The molecule has 1 aromatic rings. The van der Waals surface area contributed by atoms with Crippen LogP contribution in [0, 0.1) is 0 Å². The standard InChI is InChI=1S/C12H18N2O3/c1-8(7-15)14(2)12(16)9-5-4-6-10(13)11(9)17-3/h4-6,8,15H,7,13H2,1-3H3. The highest BCUT2D eigenvalue weighted by Crippen LogP contribution is 2.27. The third-order valence-electron chi connectivity index (χ3n) is 2.73. The fourth-order valence-electron chi connectivity index (χ4n) is 1.46. The molecule has 5 heteroatoms. The number of benzene rings is 1. The molecule has 1 rings (SSSR count).